The van der Waals surface area contributed by atoms with Gasteiger partial charge < -0.3 is 31.4 Å². The van der Waals surface area contributed by atoms with Crippen LogP contribution in [0.1, 0.15) is 43.6 Å². The molecule has 1 fully saturated rings. The van der Waals surface area contributed by atoms with Crippen molar-refractivity contribution in [3.63, 3.8) is 0 Å². The maximum atomic E-state index is 13.0. The molecule has 0 bridgehead atoms. The number of ether oxygens (including phenoxy) is 1. The van der Waals surface area contributed by atoms with E-state index in [0.717, 1.165) is 10.9 Å². The number of primary amides is 1. The number of benzene rings is 1. The first kappa shape index (κ1) is 24.1. The molecule has 1 aliphatic heterocycles. The van der Waals surface area contributed by atoms with Crippen LogP contribution < -0.4 is 26.4 Å². The third kappa shape index (κ3) is 5.82. The van der Waals surface area contributed by atoms with Gasteiger partial charge in [-0.2, -0.15) is 0 Å². The Hall–Kier alpha value is -3.56. The van der Waals surface area contributed by atoms with Crippen LogP contribution in [0.4, 0.5) is 0 Å². The first-order chi connectivity index (χ1) is 15.7. The Morgan fingerprint density at radius 2 is 1.97 bits per heavy atom. The highest BCUT2D eigenvalue weighted by atomic mass is 16.5. The highest BCUT2D eigenvalue weighted by Gasteiger charge is 2.32. The van der Waals surface area contributed by atoms with Crippen LogP contribution in [0.25, 0.3) is 10.9 Å². The third-order valence-corrected chi connectivity index (χ3v) is 5.76. The van der Waals surface area contributed by atoms with Gasteiger partial charge in [-0.3, -0.25) is 19.2 Å². The first-order valence-corrected chi connectivity index (χ1v) is 11.0. The van der Waals surface area contributed by atoms with Crippen molar-refractivity contribution in [2.45, 2.75) is 45.2 Å². The zero-order valence-corrected chi connectivity index (χ0v) is 19.1. The van der Waals surface area contributed by atoms with E-state index in [-0.39, 0.29) is 29.9 Å². The SMILES string of the molecule is COc1cccc2[nH]c(C(=O)NC(CC(C)C)C(=O)N[C@@H](CC3CCNC3=O)C(N)=O)cc12. The number of amides is 4. The monoisotopic (exact) mass is 457 g/mol. The molecule has 0 saturated carbocycles. The molecular formula is C23H31N5O5. The number of hydrogen-bond donors (Lipinski definition) is 5. The molecule has 6 N–H and O–H groups in total. The maximum absolute atomic E-state index is 13.0. The number of carbonyl (C=O) groups excluding carboxylic acids is 4. The van der Waals surface area contributed by atoms with Gasteiger partial charge >= 0.3 is 0 Å². The van der Waals surface area contributed by atoms with Crippen molar-refractivity contribution in [2.75, 3.05) is 13.7 Å². The fourth-order valence-electron chi connectivity index (χ4n) is 4.04. The van der Waals surface area contributed by atoms with Crippen molar-refractivity contribution in [2.24, 2.45) is 17.6 Å². The molecule has 2 aromatic rings. The molecule has 2 heterocycles. The van der Waals surface area contributed by atoms with E-state index < -0.39 is 29.8 Å². The van der Waals surface area contributed by atoms with E-state index in [2.05, 4.69) is 20.9 Å². The van der Waals surface area contributed by atoms with E-state index >= 15 is 0 Å². The van der Waals surface area contributed by atoms with Gasteiger partial charge in [-0.25, -0.2) is 0 Å². The molecule has 33 heavy (non-hydrogen) atoms. The van der Waals surface area contributed by atoms with Gasteiger partial charge in [-0.15, -0.1) is 0 Å². The van der Waals surface area contributed by atoms with Gasteiger partial charge in [0.05, 0.1) is 7.11 Å². The summed E-state index contributed by atoms with van der Waals surface area (Å²) < 4.78 is 5.33. The number of methoxy groups -OCH3 is 1. The van der Waals surface area contributed by atoms with Crippen molar-refractivity contribution >= 4 is 34.5 Å². The minimum atomic E-state index is -1.00. The molecule has 1 aromatic heterocycles. The van der Waals surface area contributed by atoms with Crippen molar-refractivity contribution in [3.05, 3.63) is 30.0 Å². The molecule has 0 aliphatic carbocycles. The topological polar surface area (TPSA) is 155 Å². The first-order valence-electron chi connectivity index (χ1n) is 11.0. The molecular weight excluding hydrogens is 426 g/mol. The van der Waals surface area contributed by atoms with E-state index in [1.54, 1.807) is 19.2 Å². The zero-order valence-electron chi connectivity index (χ0n) is 19.1. The number of nitrogens with two attached hydrogens (primary N) is 1. The summed E-state index contributed by atoms with van der Waals surface area (Å²) in [6.07, 6.45) is 1.06. The van der Waals surface area contributed by atoms with E-state index in [1.807, 2.05) is 26.0 Å². The standard InChI is InChI=1S/C23H31N5O5/c1-12(2)9-17(22(31)27-16(20(24)29)10-13-7-8-25-21(13)30)28-23(32)18-11-14-15(26-18)5-4-6-19(14)33-3/h4-6,11-13,16-17,26H,7-10H2,1-3H3,(H2,24,29)(H,25,30)(H,27,31)(H,28,32)/t13?,16-,17?/m0/s1. The lowest BCUT2D eigenvalue weighted by Crippen LogP contribution is -2.54. The van der Waals surface area contributed by atoms with Gasteiger partial charge in [-0.1, -0.05) is 19.9 Å². The summed E-state index contributed by atoms with van der Waals surface area (Å²) in [4.78, 5) is 52.8. The van der Waals surface area contributed by atoms with Crippen LogP contribution in [0, 0.1) is 11.8 Å². The molecule has 3 atom stereocenters. The van der Waals surface area contributed by atoms with E-state index in [1.165, 1.54) is 0 Å². The van der Waals surface area contributed by atoms with Crippen LogP contribution in [-0.4, -0.2) is 54.4 Å². The second-order valence-corrected chi connectivity index (χ2v) is 8.74. The Balaban J connectivity index is 1.74. The Morgan fingerprint density at radius 3 is 2.58 bits per heavy atom. The Bertz CT molecular complexity index is 1050. The van der Waals surface area contributed by atoms with Crippen molar-refractivity contribution in [1.29, 1.82) is 0 Å². The van der Waals surface area contributed by atoms with Gasteiger partial charge in [0, 0.05) is 23.4 Å². The quantitative estimate of drug-likeness (QED) is 0.357. The van der Waals surface area contributed by atoms with Crippen LogP contribution in [0.5, 0.6) is 5.75 Å². The molecule has 10 heteroatoms. The fraction of sp³-hybridized carbons (Fsp3) is 0.478. The summed E-state index contributed by atoms with van der Waals surface area (Å²) in [5.74, 6) is -1.52. The van der Waals surface area contributed by atoms with Crippen molar-refractivity contribution in [1.82, 2.24) is 20.9 Å². The average molecular weight is 458 g/mol. The smallest absolute Gasteiger partial charge is 0.268 e. The lowest BCUT2D eigenvalue weighted by Gasteiger charge is -2.24. The van der Waals surface area contributed by atoms with Crippen LogP contribution in [0.3, 0.4) is 0 Å². The van der Waals surface area contributed by atoms with E-state index in [0.29, 0.717) is 25.1 Å². The highest BCUT2D eigenvalue weighted by Crippen LogP contribution is 2.26. The maximum Gasteiger partial charge on any atom is 0.268 e. The summed E-state index contributed by atoms with van der Waals surface area (Å²) >= 11 is 0. The molecule has 0 spiro atoms. The minimum Gasteiger partial charge on any atom is -0.496 e. The molecule has 1 saturated heterocycles. The molecule has 2 unspecified atom stereocenters. The van der Waals surface area contributed by atoms with Crippen LogP contribution >= 0.6 is 0 Å². The average Bonchev–Trinajstić information content (AvgIpc) is 3.38. The zero-order chi connectivity index (χ0) is 24.1. The highest BCUT2D eigenvalue weighted by molar-refractivity contribution is 6.01. The number of fused-ring (bicyclic) bond motifs is 1. The summed E-state index contributed by atoms with van der Waals surface area (Å²) in [6, 6.07) is 5.20. The number of hydrogen-bond acceptors (Lipinski definition) is 5. The summed E-state index contributed by atoms with van der Waals surface area (Å²) in [7, 11) is 1.55. The summed E-state index contributed by atoms with van der Waals surface area (Å²) in [5, 5.41) is 8.84. The number of nitrogens with one attached hydrogen (secondary N) is 4. The lowest BCUT2D eigenvalue weighted by molar-refractivity contribution is -0.130. The largest absolute Gasteiger partial charge is 0.496 e. The molecule has 10 nitrogen and oxygen atoms in total. The predicted octanol–water partition coefficient (Wildman–Crippen LogP) is 0.817. The molecule has 1 aromatic carbocycles. The number of rotatable bonds is 10. The van der Waals surface area contributed by atoms with Crippen LogP contribution in [0.15, 0.2) is 24.3 Å². The van der Waals surface area contributed by atoms with Crippen LogP contribution in [0.2, 0.25) is 0 Å². The number of aromatic amines is 1. The van der Waals surface area contributed by atoms with Crippen molar-refractivity contribution in [3.8, 4) is 5.75 Å². The van der Waals surface area contributed by atoms with Gasteiger partial charge in [0.15, 0.2) is 0 Å². The van der Waals surface area contributed by atoms with Gasteiger partial charge in [0.2, 0.25) is 17.7 Å². The third-order valence-electron chi connectivity index (χ3n) is 5.76. The molecule has 1 aliphatic rings. The van der Waals surface area contributed by atoms with Gasteiger partial charge in [-0.05, 0) is 43.4 Å². The lowest BCUT2D eigenvalue weighted by atomic mass is 9.97. The number of aromatic nitrogens is 1. The number of H-pyrrole nitrogens is 1. The van der Waals surface area contributed by atoms with E-state index in [4.69, 9.17) is 10.5 Å². The van der Waals surface area contributed by atoms with E-state index in [9.17, 15) is 19.2 Å². The molecule has 178 valence electrons. The van der Waals surface area contributed by atoms with Gasteiger partial charge in [0.25, 0.3) is 5.91 Å². The molecule has 4 amide bonds. The summed E-state index contributed by atoms with van der Waals surface area (Å²) in [5.41, 5.74) is 6.50. The Morgan fingerprint density at radius 1 is 1.21 bits per heavy atom. The van der Waals surface area contributed by atoms with Gasteiger partial charge in [0.1, 0.15) is 23.5 Å². The normalized spacial score (nSPS) is 17.5. The Labute approximate surface area is 192 Å². The fourth-order valence-corrected chi connectivity index (χ4v) is 4.04. The number of carbonyl (C=O) groups is 4. The minimum absolute atomic E-state index is 0.0940. The molecule has 3 rings (SSSR count). The van der Waals surface area contributed by atoms with Crippen molar-refractivity contribution < 1.29 is 23.9 Å². The predicted molar refractivity (Wildman–Crippen MR) is 122 cm³/mol. The second kappa shape index (κ2) is 10.4. The molecule has 0 radical (unpaired) electrons. The van der Waals surface area contributed by atoms with Crippen LogP contribution in [-0.2, 0) is 14.4 Å². The second-order valence-electron chi connectivity index (χ2n) is 8.74. The Kier molecular flexibility index (Phi) is 7.57. The summed E-state index contributed by atoms with van der Waals surface area (Å²) in [6.45, 7) is 4.38.